The number of hydrogen-bond donors (Lipinski definition) is 5. The molecule has 2 aromatic heterocycles. The number of aromatic nitrogens is 2. The number of nitrogens with zero attached hydrogens (tertiary/aromatic N) is 5. The van der Waals surface area contributed by atoms with Gasteiger partial charge in [0.05, 0.1) is 68.3 Å². The minimum atomic E-state index is -5.21. The van der Waals surface area contributed by atoms with Crippen LogP contribution in [0.25, 0.3) is 11.3 Å². The number of aliphatic hydroxyl groups excluding tert-OH is 1. The van der Waals surface area contributed by atoms with Crippen LogP contribution in [0.3, 0.4) is 0 Å². The molecule has 2 aromatic carbocycles. The number of alkyl halides is 6. The fraction of sp³-hybridized carbons (Fsp3) is 0.462. The highest BCUT2D eigenvalue weighted by atomic mass is 19.4. The van der Waals surface area contributed by atoms with Crippen molar-refractivity contribution >= 4 is 29.8 Å². The average Bonchev–Trinajstić information content (AvgIpc) is 3.38. The third kappa shape index (κ3) is 14.9. The number of carbonyl (C=O) groups is 4. The number of methoxy groups -OCH3 is 2. The van der Waals surface area contributed by atoms with E-state index in [-0.39, 0.29) is 11.3 Å². The summed E-state index contributed by atoms with van der Waals surface area (Å²) in [7, 11) is 1.63. The van der Waals surface area contributed by atoms with Crippen molar-refractivity contribution in [2.75, 3.05) is 65.1 Å². The molecule has 1 unspecified atom stereocenters. The first-order valence-corrected chi connectivity index (χ1v) is 24.2. The van der Waals surface area contributed by atoms with E-state index in [1.54, 1.807) is 23.6 Å². The number of aliphatic hydroxyl groups is 1. The summed E-state index contributed by atoms with van der Waals surface area (Å²) >= 11 is 0. The van der Waals surface area contributed by atoms with Gasteiger partial charge in [0.15, 0.2) is 0 Å². The van der Waals surface area contributed by atoms with E-state index in [1.807, 2.05) is 17.4 Å². The molecular formula is C52H58F9N9O8. The first-order valence-electron chi connectivity index (χ1n) is 24.2. The standard InChI is InChI=1S/C52H58F9N9O8/c1-49(2,51(56,57)58)43(65-47(74)76-5)45(72)64-40(21-31-10-7-30(8-11-31)9-12-32-13-16-42(63-24-32)69-19-17-68(18-20-69)35-28-78-29-35)41(71)27-70(67-46(73)44(66-48(75)77-6)50(3,4)52(59,60)61)26-36-37(54)22-33(23-38(36)55)39-15-14-34(53)25-62-39/h7-8,10-11,13-16,22-25,35,40-41,43-44,71H,17-21,26-29H2,1-6H3,(H,64,72)(H,65,74)(H,66,75)(H,67,73)/t40-,41-,43?,44+/m0/s1. The van der Waals surface area contributed by atoms with E-state index in [2.05, 4.69) is 51.8 Å². The quantitative estimate of drug-likeness (QED) is 0.0440. The Labute approximate surface area is 443 Å². The van der Waals surface area contributed by atoms with Crippen molar-refractivity contribution in [1.29, 1.82) is 0 Å². The predicted octanol–water partition coefficient (Wildman–Crippen LogP) is 6.03. The third-order valence-electron chi connectivity index (χ3n) is 13.6. The molecule has 4 atom stereocenters. The topological polar surface area (TPSA) is 200 Å². The molecule has 2 fully saturated rings. The summed E-state index contributed by atoms with van der Waals surface area (Å²) in [5.74, 6) is 0.204. The third-order valence-corrected chi connectivity index (χ3v) is 13.6. The van der Waals surface area contributed by atoms with E-state index in [0.29, 0.717) is 55.4 Å². The van der Waals surface area contributed by atoms with Gasteiger partial charge in [0.25, 0.3) is 5.91 Å². The van der Waals surface area contributed by atoms with Gasteiger partial charge < -0.3 is 40.2 Å². The van der Waals surface area contributed by atoms with E-state index >= 15 is 8.78 Å². The maximum absolute atomic E-state index is 16.0. The molecule has 6 rings (SSSR count). The summed E-state index contributed by atoms with van der Waals surface area (Å²) in [5.41, 5.74) is -3.84. The Morgan fingerprint density at radius 3 is 1.78 bits per heavy atom. The SMILES string of the molecule is COC(=O)NC(C(=O)N[C@@H](Cc1ccc(C#Cc2ccc(N3CCN(C4COC4)CC3)nc2)cc1)[C@@H](O)CN(Cc1c(F)cc(-c2ccc(F)cn2)cc1F)NC(=O)[C@@H](NC(=O)OC)C(C)(C)C(F)(F)F)C(C)(C)C(F)(F)F. The molecule has 2 aliphatic heterocycles. The van der Waals surface area contributed by atoms with Gasteiger partial charge in [0.2, 0.25) is 5.91 Å². The van der Waals surface area contributed by atoms with E-state index < -0.39 is 114 Å². The number of pyridine rings is 2. The summed E-state index contributed by atoms with van der Waals surface area (Å²) in [6.45, 7) is 4.97. The highest BCUT2D eigenvalue weighted by Gasteiger charge is 2.57. The largest absolute Gasteiger partial charge is 0.453 e. The maximum atomic E-state index is 16.0. The zero-order chi connectivity index (χ0) is 57.3. The first kappa shape index (κ1) is 60.0. The summed E-state index contributed by atoms with van der Waals surface area (Å²) in [5, 5.41) is 18.6. The normalized spacial score (nSPS) is 16.1. The molecular weight excluding hydrogens is 1050 g/mol. The van der Waals surface area contributed by atoms with E-state index in [9.17, 15) is 55.0 Å². The lowest BCUT2D eigenvalue weighted by Crippen LogP contribution is -2.63. The minimum Gasteiger partial charge on any atom is -0.453 e. The van der Waals surface area contributed by atoms with Crippen LogP contribution in [0.2, 0.25) is 0 Å². The van der Waals surface area contributed by atoms with Crippen LogP contribution in [0.1, 0.15) is 49.9 Å². The molecule has 2 aliphatic rings. The number of alkyl carbamates (subject to hydrolysis) is 2. The number of hydrazine groups is 1. The number of carbonyl (C=O) groups excluding carboxylic acids is 4. The first-order chi connectivity index (χ1) is 36.6. The average molecular weight is 1110 g/mol. The summed E-state index contributed by atoms with van der Waals surface area (Å²) < 4.78 is 147. The molecule has 0 bridgehead atoms. The molecule has 0 spiro atoms. The number of hydrogen-bond acceptors (Lipinski definition) is 13. The van der Waals surface area contributed by atoms with Gasteiger partial charge in [0.1, 0.15) is 35.4 Å². The smallest absolute Gasteiger partial charge is 0.407 e. The van der Waals surface area contributed by atoms with Crippen LogP contribution in [0.15, 0.2) is 73.1 Å². The molecule has 0 radical (unpaired) electrons. The van der Waals surface area contributed by atoms with Gasteiger partial charge in [-0.1, -0.05) is 24.0 Å². The Bertz CT molecular complexity index is 2780. The number of anilines is 1. The van der Waals surface area contributed by atoms with E-state index in [0.717, 1.165) is 89.9 Å². The van der Waals surface area contributed by atoms with Crippen LogP contribution in [-0.4, -0.2) is 152 Å². The molecule has 26 heteroatoms. The van der Waals surface area contributed by atoms with Crippen molar-refractivity contribution in [3.05, 3.63) is 113 Å². The Kier molecular flexibility index (Phi) is 19.3. The highest BCUT2D eigenvalue weighted by Crippen LogP contribution is 2.42. The molecule has 422 valence electrons. The number of ether oxygens (including phenoxy) is 3. The van der Waals surface area contributed by atoms with Gasteiger partial charge in [-0.3, -0.25) is 24.9 Å². The highest BCUT2D eigenvalue weighted by molar-refractivity contribution is 5.87. The van der Waals surface area contributed by atoms with Crippen LogP contribution >= 0.6 is 0 Å². The molecule has 0 saturated carbocycles. The fourth-order valence-electron chi connectivity index (χ4n) is 8.26. The second-order valence-electron chi connectivity index (χ2n) is 19.7. The lowest BCUT2D eigenvalue weighted by Gasteiger charge is -2.42. The number of piperazine rings is 1. The Balaban J connectivity index is 1.32. The zero-order valence-corrected chi connectivity index (χ0v) is 43.1. The maximum Gasteiger partial charge on any atom is 0.407 e. The van der Waals surface area contributed by atoms with Crippen LogP contribution in [0.4, 0.5) is 54.9 Å². The van der Waals surface area contributed by atoms with Crippen LogP contribution in [-0.2, 0) is 36.8 Å². The number of benzene rings is 2. The molecule has 78 heavy (non-hydrogen) atoms. The Morgan fingerprint density at radius 1 is 0.744 bits per heavy atom. The van der Waals surface area contributed by atoms with Gasteiger partial charge in [-0.15, -0.1) is 0 Å². The van der Waals surface area contributed by atoms with Crippen molar-refractivity contribution in [3.63, 3.8) is 0 Å². The number of halogens is 9. The Morgan fingerprint density at radius 2 is 1.29 bits per heavy atom. The van der Waals surface area contributed by atoms with Crippen LogP contribution in [0, 0.1) is 40.1 Å². The van der Waals surface area contributed by atoms with Crippen molar-refractivity contribution in [3.8, 4) is 23.1 Å². The second-order valence-corrected chi connectivity index (χ2v) is 19.7. The summed E-state index contributed by atoms with van der Waals surface area (Å²) in [4.78, 5) is 65.7. The van der Waals surface area contributed by atoms with E-state index in [1.165, 1.54) is 12.1 Å². The lowest BCUT2D eigenvalue weighted by molar-refractivity contribution is -0.221. The van der Waals surface area contributed by atoms with Crippen molar-refractivity contribution in [2.45, 2.75) is 83.3 Å². The number of amides is 4. The van der Waals surface area contributed by atoms with Crippen LogP contribution < -0.4 is 26.3 Å². The molecule has 17 nitrogen and oxygen atoms in total. The molecule has 2 saturated heterocycles. The zero-order valence-electron chi connectivity index (χ0n) is 43.1. The Hall–Kier alpha value is -7.21. The fourth-order valence-corrected chi connectivity index (χ4v) is 8.26. The second kappa shape index (κ2) is 25.1. The lowest BCUT2D eigenvalue weighted by atomic mass is 9.82. The number of rotatable bonds is 18. The van der Waals surface area contributed by atoms with Gasteiger partial charge >= 0.3 is 24.5 Å². The van der Waals surface area contributed by atoms with E-state index in [4.69, 9.17) is 4.74 Å². The van der Waals surface area contributed by atoms with Crippen molar-refractivity contribution in [2.24, 2.45) is 10.8 Å². The van der Waals surface area contributed by atoms with Gasteiger partial charge in [-0.05, 0) is 88.2 Å². The van der Waals surface area contributed by atoms with Gasteiger partial charge in [-0.25, -0.2) is 32.8 Å². The summed E-state index contributed by atoms with van der Waals surface area (Å²) in [6.07, 6.45) is -13.5. The van der Waals surface area contributed by atoms with Crippen molar-refractivity contribution < 1.29 is 78.0 Å². The minimum absolute atomic E-state index is 0.0809. The van der Waals surface area contributed by atoms with Crippen LogP contribution in [0.5, 0.6) is 0 Å². The molecule has 4 amide bonds. The van der Waals surface area contributed by atoms with Crippen molar-refractivity contribution in [1.82, 2.24) is 41.3 Å². The molecule has 0 aliphatic carbocycles. The monoisotopic (exact) mass is 1110 g/mol. The molecule has 5 N–H and O–H groups in total. The predicted molar refractivity (Wildman–Crippen MR) is 263 cm³/mol. The molecule has 4 heterocycles. The number of nitrogens with one attached hydrogen (secondary N) is 4. The summed E-state index contributed by atoms with van der Waals surface area (Å²) in [6, 6.07) is 7.15. The molecule has 4 aromatic rings. The van der Waals surface area contributed by atoms with Gasteiger partial charge in [-0.2, -0.15) is 26.3 Å². The van der Waals surface area contributed by atoms with Gasteiger partial charge in [0, 0.05) is 67.7 Å².